The van der Waals surface area contributed by atoms with Crippen LogP contribution in [-0.4, -0.2) is 29.1 Å². The van der Waals surface area contributed by atoms with Gasteiger partial charge in [0.25, 0.3) is 11.8 Å². The van der Waals surface area contributed by atoms with E-state index in [1.807, 2.05) is 5.32 Å². The SMILES string of the molecule is C[C@H](NC(=O)O)C(=O)NNC(=O)c1ccc(Cl)cc1. The fourth-order valence-corrected chi connectivity index (χ4v) is 1.28. The normalized spacial score (nSPS) is 11.3. The van der Waals surface area contributed by atoms with Crippen molar-refractivity contribution in [1.82, 2.24) is 16.2 Å². The van der Waals surface area contributed by atoms with Crippen molar-refractivity contribution in [2.45, 2.75) is 13.0 Å². The summed E-state index contributed by atoms with van der Waals surface area (Å²) in [4.78, 5) is 33.3. The number of carbonyl (C=O) groups excluding carboxylic acids is 2. The molecule has 0 spiro atoms. The Morgan fingerprint density at radius 2 is 1.74 bits per heavy atom. The number of benzene rings is 1. The van der Waals surface area contributed by atoms with Crippen LogP contribution < -0.4 is 16.2 Å². The summed E-state index contributed by atoms with van der Waals surface area (Å²) in [5.74, 6) is -1.21. The third kappa shape index (κ3) is 4.84. The van der Waals surface area contributed by atoms with Gasteiger partial charge in [-0.1, -0.05) is 11.6 Å². The predicted octanol–water partition coefficient (Wildman–Crippen LogP) is 0.757. The minimum Gasteiger partial charge on any atom is -0.465 e. The molecule has 0 aliphatic carbocycles. The van der Waals surface area contributed by atoms with Crippen molar-refractivity contribution < 1.29 is 19.5 Å². The fourth-order valence-electron chi connectivity index (χ4n) is 1.15. The zero-order valence-electron chi connectivity index (χ0n) is 9.94. The molecular formula is C11H12ClN3O4. The lowest BCUT2D eigenvalue weighted by Crippen LogP contribution is -2.50. The molecule has 1 aromatic rings. The number of rotatable bonds is 3. The second-order valence-corrected chi connectivity index (χ2v) is 4.06. The predicted molar refractivity (Wildman–Crippen MR) is 67.7 cm³/mol. The van der Waals surface area contributed by atoms with Crippen molar-refractivity contribution in [2.24, 2.45) is 0 Å². The average molecular weight is 286 g/mol. The van der Waals surface area contributed by atoms with Gasteiger partial charge in [0.05, 0.1) is 0 Å². The van der Waals surface area contributed by atoms with Crippen molar-refractivity contribution >= 4 is 29.5 Å². The van der Waals surface area contributed by atoms with Crippen LogP contribution in [0.1, 0.15) is 17.3 Å². The first kappa shape index (κ1) is 14.8. The van der Waals surface area contributed by atoms with E-state index in [9.17, 15) is 14.4 Å². The molecule has 1 atom stereocenters. The van der Waals surface area contributed by atoms with Crippen molar-refractivity contribution in [2.75, 3.05) is 0 Å². The second kappa shape index (κ2) is 6.60. The molecule has 0 saturated heterocycles. The molecule has 8 heteroatoms. The van der Waals surface area contributed by atoms with Gasteiger partial charge in [-0.3, -0.25) is 20.4 Å². The summed E-state index contributed by atoms with van der Waals surface area (Å²) in [6.45, 7) is 1.35. The fraction of sp³-hybridized carbons (Fsp3) is 0.182. The Morgan fingerprint density at radius 1 is 1.16 bits per heavy atom. The maximum absolute atomic E-state index is 11.6. The quantitative estimate of drug-likeness (QED) is 0.615. The van der Waals surface area contributed by atoms with E-state index in [0.717, 1.165) is 0 Å². The standard InChI is InChI=1S/C11H12ClN3O4/c1-6(13-11(18)19)9(16)14-15-10(17)7-2-4-8(12)5-3-7/h2-6,13H,1H3,(H,14,16)(H,15,17)(H,18,19)/t6-/m0/s1. The summed E-state index contributed by atoms with van der Waals surface area (Å²) in [7, 11) is 0. The van der Waals surface area contributed by atoms with E-state index in [4.69, 9.17) is 16.7 Å². The maximum Gasteiger partial charge on any atom is 0.405 e. The summed E-state index contributed by atoms with van der Waals surface area (Å²) in [6, 6.07) is 5.06. The average Bonchev–Trinajstić information content (AvgIpc) is 2.35. The molecule has 0 aliphatic heterocycles. The van der Waals surface area contributed by atoms with E-state index >= 15 is 0 Å². The molecular weight excluding hydrogens is 274 g/mol. The topological polar surface area (TPSA) is 108 Å². The van der Waals surface area contributed by atoms with Crippen molar-refractivity contribution in [3.05, 3.63) is 34.9 Å². The van der Waals surface area contributed by atoms with Gasteiger partial charge < -0.3 is 10.4 Å². The van der Waals surface area contributed by atoms with Gasteiger partial charge in [-0.05, 0) is 31.2 Å². The van der Waals surface area contributed by atoms with Gasteiger partial charge in [0.15, 0.2) is 0 Å². The van der Waals surface area contributed by atoms with Crippen LogP contribution in [-0.2, 0) is 4.79 Å². The summed E-state index contributed by atoms with van der Waals surface area (Å²) >= 11 is 5.67. The third-order valence-corrected chi connectivity index (χ3v) is 2.39. The van der Waals surface area contributed by atoms with Crippen molar-refractivity contribution in [3.8, 4) is 0 Å². The highest BCUT2D eigenvalue weighted by atomic mass is 35.5. The molecule has 0 aliphatic rings. The van der Waals surface area contributed by atoms with Crippen molar-refractivity contribution in [3.63, 3.8) is 0 Å². The molecule has 1 rings (SSSR count). The number of carboxylic acid groups (broad SMARTS) is 1. The smallest absolute Gasteiger partial charge is 0.405 e. The van der Waals surface area contributed by atoms with Gasteiger partial charge in [0, 0.05) is 10.6 Å². The highest BCUT2D eigenvalue weighted by molar-refractivity contribution is 6.30. The summed E-state index contributed by atoms with van der Waals surface area (Å²) in [5.41, 5.74) is 4.57. The van der Waals surface area contributed by atoms with E-state index in [-0.39, 0.29) is 0 Å². The van der Waals surface area contributed by atoms with Crippen molar-refractivity contribution in [1.29, 1.82) is 0 Å². The monoisotopic (exact) mass is 285 g/mol. The lowest BCUT2D eigenvalue weighted by atomic mass is 10.2. The zero-order chi connectivity index (χ0) is 14.4. The zero-order valence-corrected chi connectivity index (χ0v) is 10.7. The summed E-state index contributed by atoms with van der Waals surface area (Å²) in [6.07, 6.45) is -1.33. The molecule has 0 radical (unpaired) electrons. The third-order valence-electron chi connectivity index (χ3n) is 2.14. The van der Waals surface area contributed by atoms with E-state index in [1.54, 1.807) is 0 Å². The number of carbonyl (C=O) groups is 3. The van der Waals surface area contributed by atoms with Crippen LogP contribution in [0.4, 0.5) is 4.79 Å². The first-order valence-electron chi connectivity index (χ1n) is 5.25. The lowest BCUT2D eigenvalue weighted by molar-refractivity contribution is -0.123. The summed E-state index contributed by atoms with van der Waals surface area (Å²) in [5, 5.41) is 10.9. The molecule has 1 aromatic carbocycles. The minimum atomic E-state index is -1.33. The van der Waals surface area contributed by atoms with Gasteiger partial charge in [0.1, 0.15) is 6.04 Å². The molecule has 4 N–H and O–H groups in total. The van der Waals surface area contributed by atoms with Gasteiger partial charge >= 0.3 is 6.09 Å². The van der Waals surface area contributed by atoms with E-state index < -0.39 is 23.9 Å². The highest BCUT2D eigenvalue weighted by Gasteiger charge is 2.15. The Hall–Kier alpha value is -2.28. The van der Waals surface area contributed by atoms with E-state index in [1.165, 1.54) is 31.2 Å². The molecule has 0 unspecified atom stereocenters. The second-order valence-electron chi connectivity index (χ2n) is 3.62. The molecule has 7 nitrogen and oxygen atoms in total. The van der Waals surface area contributed by atoms with Crippen LogP contribution in [0.25, 0.3) is 0 Å². The van der Waals surface area contributed by atoms with Crippen LogP contribution in [0.5, 0.6) is 0 Å². The first-order chi connectivity index (χ1) is 8.90. The molecule has 102 valence electrons. The molecule has 0 heterocycles. The Labute approximate surface area is 113 Å². The molecule has 19 heavy (non-hydrogen) atoms. The van der Waals surface area contributed by atoms with Gasteiger partial charge in [-0.2, -0.15) is 0 Å². The van der Waals surface area contributed by atoms with E-state index in [2.05, 4.69) is 10.9 Å². The van der Waals surface area contributed by atoms with Crippen LogP contribution in [0.2, 0.25) is 5.02 Å². The Kier molecular flexibility index (Phi) is 5.13. The lowest BCUT2D eigenvalue weighted by Gasteiger charge is -2.12. The number of amides is 3. The van der Waals surface area contributed by atoms with Gasteiger partial charge in [-0.25, -0.2) is 4.79 Å². The highest BCUT2D eigenvalue weighted by Crippen LogP contribution is 2.08. The Morgan fingerprint density at radius 3 is 2.26 bits per heavy atom. The van der Waals surface area contributed by atoms with E-state index in [0.29, 0.717) is 10.6 Å². The number of halogens is 1. The molecule has 0 saturated carbocycles. The number of hydrogen-bond donors (Lipinski definition) is 4. The molecule has 0 fully saturated rings. The first-order valence-corrected chi connectivity index (χ1v) is 5.63. The maximum atomic E-state index is 11.6. The number of hydrogen-bond acceptors (Lipinski definition) is 3. The molecule has 0 aromatic heterocycles. The number of nitrogens with one attached hydrogen (secondary N) is 3. The Balaban J connectivity index is 2.48. The van der Waals surface area contributed by atoms with Gasteiger partial charge in [-0.15, -0.1) is 0 Å². The number of hydrazine groups is 1. The molecule has 3 amide bonds. The minimum absolute atomic E-state index is 0.309. The van der Waals surface area contributed by atoms with Crippen LogP contribution in [0.15, 0.2) is 24.3 Å². The largest absolute Gasteiger partial charge is 0.465 e. The van der Waals surface area contributed by atoms with Gasteiger partial charge in [0.2, 0.25) is 0 Å². The van der Waals surface area contributed by atoms with Crippen LogP contribution in [0.3, 0.4) is 0 Å². The molecule has 0 bridgehead atoms. The Bertz CT molecular complexity index is 489. The van der Waals surface area contributed by atoms with Crippen LogP contribution in [0, 0.1) is 0 Å². The van der Waals surface area contributed by atoms with Crippen LogP contribution >= 0.6 is 11.6 Å². The summed E-state index contributed by atoms with van der Waals surface area (Å²) < 4.78 is 0.